The largest absolute Gasteiger partial charge is 0.494 e. The standard InChI is InChI=1S/C13H21NO4S/c1-5-18-12-6-7-13(11(3)10(12)2)19(15,16)14-8-9-17-4/h6-7,14H,5,8-9H2,1-4H3. The van der Waals surface area contributed by atoms with Crippen LogP contribution in [-0.4, -0.2) is 35.3 Å². The molecule has 1 rings (SSSR count). The summed E-state index contributed by atoms with van der Waals surface area (Å²) in [6.07, 6.45) is 0. The van der Waals surface area contributed by atoms with Crippen LogP contribution in [0.4, 0.5) is 0 Å². The Labute approximate surface area is 115 Å². The van der Waals surface area contributed by atoms with Crippen molar-refractivity contribution in [2.24, 2.45) is 0 Å². The van der Waals surface area contributed by atoms with Crippen LogP contribution in [0.5, 0.6) is 5.75 Å². The molecule has 1 aromatic rings. The molecule has 1 aromatic carbocycles. The van der Waals surface area contributed by atoms with E-state index in [-0.39, 0.29) is 11.4 Å². The Morgan fingerprint density at radius 3 is 2.47 bits per heavy atom. The van der Waals surface area contributed by atoms with Gasteiger partial charge < -0.3 is 9.47 Å². The van der Waals surface area contributed by atoms with E-state index >= 15 is 0 Å². The second kappa shape index (κ2) is 6.88. The monoisotopic (exact) mass is 287 g/mol. The predicted molar refractivity (Wildman–Crippen MR) is 74.1 cm³/mol. The Balaban J connectivity index is 3.04. The molecule has 1 N–H and O–H groups in total. The first kappa shape index (κ1) is 15.9. The molecule has 108 valence electrons. The predicted octanol–water partition coefficient (Wildman–Crippen LogP) is 1.63. The molecule has 0 radical (unpaired) electrons. The van der Waals surface area contributed by atoms with Gasteiger partial charge in [-0.05, 0) is 44.0 Å². The molecule has 0 atom stereocenters. The summed E-state index contributed by atoms with van der Waals surface area (Å²) in [5.74, 6) is 0.718. The van der Waals surface area contributed by atoms with E-state index in [2.05, 4.69) is 4.72 Å². The van der Waals surface area contributed by atoms with Crippen LogP contribution < -0.4 is 9.46 Å². The zero-order chi connectivity index (χ0) is 14.5. The zero-order valence-electron chi connectivity index (χ0n) is 11.8. The molecular formula is C13H21NO4S. The maximum absolute atomic E-state index is 12.1. The molecular weight excluding hydrogens is 266 g/mol. The molecule has 0 saturated heterocycles. The van der Waals surface area contributed by atoms with Gasteiger partial charge in [-0.2, -0.15) is 0 Å². The SMILES string of the molecule is CCOc1ccc(S(=O)(=O)NCCOC)c(C)c1C. The van der Waals surface area contributed by atoms with Crippen molar-refractivity contribution in [1.29, 1.82) is 0 Å². The van der Waals surface area contributed by atoms with Gasteiger partial charge in [-0.15, -0.1) is 0 Å². The highest BCUT2D eigenvalue weighted by Crippen LogP contribution is 2.26. The van der Waals surface area contributed by atoms with Crippen LogP contribution in [0.1, 0.15) is 18.1 Å². The lowest BCUT2D eigenvalue weighted by Crippen LogP contribution is -2.28. The smallest absolute Gasteiger partial charge is 0.240 e. The number of sulfonamides is 1. The van der Waals surface area contributed by atoms with Gasteiger partial charge in [-0.1, -0.05) is 0 Å². The van der Waals surface area contributed by atoms with Crippen LogP contribution in [0.15, 0.2) is 17.0 Å². The summed E-state index contributed by atoms with van der Waals surface area (Å²) >= 11 is 0. The van der Waals surface area contributed by atoms with Crippen LogP contribution in [0.3, 0.4) is 0 Å². The van der Waals surface area contributed by atoms with E-state index in [4.69, 9.17) is 9.47 Å². The van der Waals surface area contributed by atoms with Gasteiger partial charge in [0.25, 0.3) is 0 Å². The number of hydrogen-bond acceptors (Lipinski definition) is 4. The molecule has 0 fully saturated rings. The molecule has 0 amide bonds. The lowest BCUT2D eigenvalue weighted by Gasteiger charge is -2.14. The van der Waals surface area contributed by atoms with E-state index in [1.165, 1.54) is 7.11 Å². The molecule has 0 unspecified atom stereocenters. The quantitative estimate of drug-likeness (QED) is 0.774. The zero-order valence-corrected chi connectivity index (χ0v) is 12.6. The Morgan fingerprint density at radius 2 is 1.89 bits per heavy atom. The molecule has 6 heteroatoms. The van der Waals surface area contributed by atoms with Gasteiger partial charge in [0.15, 0.2) is 0 Å². The summed E-state index contributed by atoms with van der Waals surface area (Å²) in [6, 6.07) is 3.26. The third-order valence-corrected chi connectivity index (χ3v) is 4.48. The second-order valence-electron chi connectivity index (χ2n) is 4.14. The topological polar surface area (TPSA) is 64.6 Å². The molecule has 0 heterocycles. The average molecular weight is 287 g/mol. The van der Waals surface area contributed by atoms with Crippen LogP contribution in [0.2, 0.25) is 0 Å². The van der Waals surface area contributed by atoms with E-state index in [0.29, 0.717) is 18.8 Å². The van der Waals surface area contributed by atoms with Crippen LogP contribution in [0, 0.1) is 13.8 Å². The summed E-state index contributed by atoms with van der Waals surface area (Å²) in [7, 11) is -1.97. The van der Waals surface area contributed by atoms with Crippen molar-refractivity contribution in [1.82, 2.24) is 4.72 Å². The fraction of sp³-hybridized carbons (Fsp3) is 0.538. The second-order valence-corrected chi connectivity index (χ2v) is 5.87. The van der Waals surface area contributed by atoms with Crippen molar-refractivity contribution in [3.63, 3.8) is 0 Å². The lowest BCUT2D eigenvalue weighted by molar-refractivity contribution is 0.204. The van der Waals surface area contributed by atoms with Gasteiger partial charge in [0, 0.05) is 13.7 Å². The third-order valence-electron chi connectivity index (χ3n) is 2.88. The minimum Gasteiger partial charge on any atom is -0.494 e. The molecule has 0 aliphatic carbocycles. The number of rotatable bonds is 7. The summed E-state index contributed by atoms with van der Waals surface area (Å²) in [5.41, 5.74) is 1.55. The number of nitrogens with one attached hydrogen (secondary N) is 1. The highest BCUT2D eigenvalue weighted by atomic mass is 32.2. The first-order valence-corrected chi connectivity index (χ1v) is 7.64. The van der Waals surface area contributed by atoms with Crippen molar-refractivity contribution >= 4 is 10.0 Å². The van der Waals surface area contributed by atoms with Crippen molar-refractivity contribution in [2.45, 2.75) is 25.7 Å². The summed E-state index contributed by atoms with van der Waals surface area (Å²) in [4.78, 5) is 0.282. The van der Waals surface area contributed by atoms with Gasteiger partial charge >= 0.3 is 0 Å². The highest BCUT2D eigenvalue weighted by Gasteiger charge is 2.18. The van der Waals surface area contributed by atoms with Gasteiger partial charge in [0.05, 0.1) is 18.1 Å². The fourth-order valence-electron chi connectivity index (χ4n) is 1.73. The number of benzene rings is 1. The molecule has 0 saturated carbocycles. The minimum absolute atomic E-state index is 0.254. The number of ether oxygens (including phenoxy) is 2. The third kappa shape index (κ3) is 3.92. The Morgan fingerprint density at radius 1 is 1.21 bits per heavy atom. The van der Waals surface area contributed by atoms with Gasteiger partial charge in [-0.25, -0.2) is 13.1 Å². The average Bonchev–Trinajstić information content (AvgIpc) is 2.35. The number of methoxy groups -OCH3 is 1. The van der Waals surface area contributed by atoms with Crippen molar-refractivity contribution in [2.75, 3.05) is 26.9 Å². The van der Waals surface area contributed by atoms with Crippen molar-refractivity contribution in [3.8, 4) is 5.75 Å². The molecule has 19 heavy (non-hydrogen) atoms. The molecule has 0 spiro atoms. The molecule has 5 nitrogen and oxygen atoms in total. The maximum atomic E-state index is 12.1. The highest BCUT2D eigenvalue weighted by molar-refractivity contribution is 7.89. The van der Waals surface area contributed by atoms with Gasteiger partial charge in [-0.3, -0.25) is 0 Å². The maximum Gasteiger partial charge on any atom is 0.240 e. The van der Waals surface area contributed by atoms with Gasteiger partial charge in [0.2, 0.25) is 10.0 Å². The fourth-order valence-corrected chi connectivity index (χ4v) is 3.04. The van der Waals surface area contributed by atoms with Crippen LogP contribution in [-0.2, 0) is 14.8 Å². The van der Waals surface area contributed by atoms with Gasteiger partial charge in [0.1, 0.15) is 5.75 Å². The van der Waals surface area contributed by atoms with E-state index in [1.807, 2.05) is 13.8 Å². The Hall–Kier alpha value is -1.11. The first-order chi connectivity index (χ1) is 8.94. The summed E-state index contributed by atoms with van der Waals surface area (Å²) in [6.45, 7) is 6.68. The van der Waals surface area contributed by atoms with Crippen molar-refractivity contribution in [3.05, 3.63) is 23.3 Å². The first-order valence-electron chi connectivity index (χ1n) is 6.15. The van der Waals surface area contributed by atoms with Crippen LogP contribution >= 0.6 is 0 Å². The van der Waals surface area contributed by atoms with E-state index < -0.39 is 10.0 Å². The molecule has 0 aliphatic heterocycles. The normalized spacial score (nSPS) is 11.6. The molecule has 0 aromatic heterocycles. The van der Waals surface area contributed by atoms with Crippen LogP contribution in [0.25, 0.3) is 0 Å². The minimum atomic E-state index is -3.50. The summed E-state index contributed by atoms with van der Waals surface area (Å²) in [5, 5.41) is 0. The molecule has 0 aliphatic rings. The lowest BCUT2D eigenvalue weighted by atomic mass is 10.1. The Kier molecular flexibility index (Phi) is 5.78. The Bertz CT molecular complexity index is 526. The van der Waals surface area contributed by atoms with E-state index in [9.17, 15) is 8.42 Å². The van der Waals surface area contributed by atoms with E-state index in [0.717, 1.165) is 11.3 Å². The van der Waals surface area contributed by atoms with Crippen molar-refractivity contribution < 1.29 is 17.9 Å². The molecule has 0 bridgehead atoms. The number of hydrogen-bond donors (Lipinski definition) is 1. The summed E-state index contributed by atoms with van der Waals surface area (Å²) < 4.78 is 37.1. The van der Waals surface area contributed by atoms with E-state index in [1.54, 1.807) is 19.1 Å².